The minimum absolute atomic E-state index is 0.493. The van der Waals surface area contributed by atoms with Crippen molar-refractivity contribution in [3.63, 3.8) is 0 Å². The maximum absolute atomic E-state index is 4.25. The first kappa shape index (κ1) is 11.2. The van der Waals surface area contributed by atoms with Gasteiger partial charge in [0.05, 0.1) is 12.0 Å². The van der Waals surface area contributed by atoms with Crippen LogP contribution in [0.25, 0.3) is 0 Å². The zero-order valence-electron chi connectivity index (χ0n) is 9.49. The normalized spacial score (nSPS) is 13.5. The van der Waals surface area contributed by atoms with Crippen LogP contribution in [-0.4, -0.2) is 41.1 Å². The summed E-state index contributed by atoms with van der Waals surface area (Å²) >= 11 is 0. The molecule has 0 saturated carbocycles. The predicted molar refractivity (Wildman–Crippen MR) is 58.1 cm³/mol. The van der Waals surface area contributed by atoms with Gasteiger partial charge < -0.3 is 14.8 Å². The summed E-state index contributed by atoms with van der Waals surface area (Å²) < 4.78 is 1.97. The van der Waals surface area contributed by atoms with Gasteiger partial charge in [0, 0.05) is 32.4 Å². The Morgan fingerprint density at radius 1 is 1.57 bits per heavy atom. The maximum atomic E-state index is 4.25. The molecule has 1 N–H and O–H groups in total. The number of nitrogens with one attached hydrogen (secondary N) is 1. The molecule has 4 nitrogen and oxygen atoms in total. The van der Waals surface area contributed by atoms with E-state index in [9.17, 15) is 0 Å². The topological polar surface area (TPSA) is 33.1 Å². The lowest BCUT2D eigenvalue weighted by atomic mass is 10.3. The van der Waals surface area contributed by atoms with Crippen LogP contribution in [0.1, 0.15) is 12.6 Å². The highest BCUT2D eigenvalue weighted by molar-refractivity contribution is 4.95. The van der Waals surface area contributed by atoms with Crippen molar-refractivity contribution < 1.29 is 0 Å². The summed E-state index contributed by atoms with van der Waals surface area (Å²) in [5, 5.41) is 3.43. The Bertz CT molecular complexity index is 267. The summed E-state index contributed by atoms with van der Waals surface area (Å²) in [6, 6.07) is 0.493. The molecule has 14 heavy (non-hydrogen) atoms. The molecule has 1 unspecified atom stereocenters. The van der Waals surface area contributed by atoms with Crippen molar-refractivity contribution in [1.29, 1.82) is 0 Å². The molecule has 0 aliphatic heterocycles. The molecule has 1 atom stereocenters. The molecular weight excluding hydrogens is 176 g/mol. The first-order chi connectivity index (χ1) is 6.58. The second-order valence-corrected chi connectivity index (χ2v) is 4.07. The van der Waals surface area contributed by atoms with Crippen molar-refractivity contribution in [2.24, 2.45) is 7.05 Å². The van der Waals surface area contributed by atoms with Gasteiger partial charge in [-0.05, 0) is 21.0 Å². The van der Waals surface area contributed by atoms with E-state index in [-0.39, 0.29) is 0 Å². The third-order valence-corrected chi connectivity index (χ3v) is 2.03. The zero-order chi connectivity index (χ0) is 10.6. The summed E-state index contributed by atoms with van der Waals surface area (Å²) in [6.45, 7) is 4.08. The number of nitrogens with zero attached hydrogens (tertiary/aromatic N) is 3. The summed E-state index contributed by atoms with van der Waals surface area (Å²) in [6.07, 6.45) is 3.86. The zero-order valence-corrected chi connectivity index (χ0v) is 9.49. The van der Waals surface area contributed by atoms with Crippen LogP contribution in [0.2, 0.25) is 0 Å². The molecule has 0 aliphatic rings. The summed E-state index contributed by atoms with van der Waals surface area (Å²) in [7, 11) is 6.15. The molecule has 0 radical (unpaired) electrons. The highest BCUT2D eigenvalue weighted by Crippen LogP contribution is 1.94. The molecule has 0 saturated heterocycles. The lowest BCUT2D eigenvalue weighted by Gasteiger charge is -2.17. The van der Waals surface area contributed by atoms with E-state index in [1.165, 1.54) is 0 Å². The van der Waals surface area contributed by atoms with Crippen LogP contribution >= 0.6 is 0 Å². The number of aromatic nitrogens is 2. The Morgan fingerprint density at radius 3 is 2.79 bits per heavy atom. The Morgan fingerprint density at radius 2 is 2.29 bits per heavy atom. The Kier molecular flexibility index (Phi) is 4.10. The van der Waals surface area contributed by atoms with Gasteiger partial charge in [-0.15, -0.1) is 0 Å². The van der Waals surface area contributed by atoms with Crippen LogP contribution in [0, 0.1) is 0 Å². The minimum atomic E-state index is 0.493. The highest BCUT2D eigenvalue weighted by atomic mass is 15.1. The van der Waals surface area contributed by atoms with Gasteiger partial charge in [-0.25, -0.2) is 4.98 Å². The van der Waals surface area contributed by atoms with E-state index in [1.807, 2.05) is 24.1 Å². The molecule has 1 aromatic rings. The molecule has 1 rings (SSSR count). The number of hydrogen-bond acceptors (Lipinski definition) is 3. The number of likely N-dealkylation sites (N-methyl/N-ethyl adjacent to an activating group) is 1. The SMILES string of the molecule is CC(CN(C)C)NCc1cn(C)cn1. The van der Waals surface area contributed by atoms with E-state index in [0.29, 0.717) is 6.04 Å². The Balaban J connectivity index is 2.26. The fourth-order valence-corrected chi connectivity index (χ4v) is 1.45. The molecular formula is C10H20N4. The first-order valence-corrected chi connectivity index (χ1v) is 4.93. The molecule has 0 fully saturated rings. The molecule has 1 heterocycles. The number of hydrogen-bond donors (Lipinski definition) is 1. The fraction of sp³-hybridized carbons (Fsp3) is 0.700. The van der Waals surface area contributed by atoms with Crippen molar-refractivity contribution >= 4 is 0 Å². The van der Waals surface area contributed by atoms with Crippen molar-refractivity contribution in [2.75, 3.05) is 20.6 Å². The third-order valence-electron chi connectivity index (χ3n) is 2.03. The maximum Gasteiger partial charge on any atom is 0.0947 e. The summed E-state index contributed by atoms with van der Waals surface area (Å²) in [4.78, 5) is 6.43. The third kappa shape index (κ3) is 3.89. The average molecular weight is 196 g/mol. The van der Waals surface area contributed by atoms with Gasteiger partial charge in [0.15, 0.2) is 0 Å². The molecule has 0 aliphatic carbocycles. The second kappa shape index (κ2) is 5.12. The van der Waals surface area contributed by atoms with Crippen molar-refractivity contribution in [3.05, 3.63) is 18.2 Å². The van der Waals surface area contributed by atoms with Crippen molar-refractivity contribution in [1.82, 2.24) is 19.8 Å². The number of imidazole rings is 1. The quantitative estimate of drug-likeness (QED) is 0.742. The Labute approximate surface area is 85.9 Å². The second-order valence-electron chi connectivity index (χ2n) is 4.07. The van der Waals surface area contributed by atoms with E-state index in [4.69, 9.17) is 0 Å². The highest BCUT2D eigenvalue weighted by Gasteiger charge is 2.03. The number of aryl methyl sites for hydroxylation is 1. The van der Waals surface area contributed by atoms with Gasteiger partial charge in [-0.2, -0.15) is 0 Å². The number of rotatable bonds is 5. The smallest absolute Gasteiger partial charge is 0.0947 e. The predicted octanol–water partition coefficient (Wildman–Crippen LogP) is 0.460. The molecule has 0 aromatic carbocycles. The molecule has 0 bridgehead atoms. The van der Waals surface area contributed by atoms with Crippen LogP contribution in [-0.2, 0) is 13.6 Å². The van der Waals surface area contributed by atoms with Crippen LogP contribution in [0.4, 0.5) is 0 Å². The van der Waals surface area contributed by atoms with E-state index >= 15 is 0 Å². The van der Waals surface area contributed by atoms with Gasteiger partial charge in [0.1, 0.15) is 0 Å². The van der Waals surface area contributed by atoms with Gasteiger partial charge >= 0.3 is 0 Å². The van der Waals surface area contributed by atoms with E-state index in [2.05, 4.69) is 36.2 Å². The lowest BCUT2D eigenvalue weighted by molar-refractivity contribution is 0.348. The van der Waals surface area contributed by atoms with Gasteiger partial charge in [-0.3, -0.25) is 0 Å². The molecule has 80 valence electrons. The molecule has 1 aromatic heterocycles. The first-order valence-electron chi connectivity index (χ1n) is 4.93. The summed E-state index contributed by atoms with van der Waals surface area (Å²) in [5.74, 6) is 0. The standard InChI is InChI=1S/C10H20N4/c1-9(6-13(2)3)11-5-10-7-14(4)8-12-10/h7-9,11H,5-6H2,1-4H3. The Hall–Kier alpha value is -0.870. The van der Waals surface area contributed by atoms with Gasteiger partial charge in [0.2, 0.25) is 0 Å². The average Bonchev–Trinajstić information content (AvgIpc) is 2.47. The molecule has 0 spiro atoms. The van der Waals surface area contributed by atoms with Crippen LogP contribution in [0.5, 0.6) is 0 Å². The van der Waals surface area contributed by atoms with Gasteiger partial charge in [-0.1, -0.05) is 0 Å². The van der Waals surface area contributed by atoms with E-state index in [0.717, 1.165) is 18.8 Å². The van der Waals surface area contributed by atoms with E-state index in [1.54, 1.807) is 0 Å². The lowest BCUT2D eigenvalue weighted by Crippen LogP contribution is -2.35. The minimum Gasteiger partial charge on any atom is -0.340 e. The van der Waals surface area contributed by atoms with Crippen LogP contribution < -0.4 is 5.32 Å². The monoisotopic (exact) mass is 196 g/mol. The molecule has 4 heteroatoms. The molecule has 0 amide bonds. The largest absolute Gasteiger partial charge is 0.340 e. The summed E-state index contributed by atoms with van der Waals surface area (Å²) in [5.41, 5.74) is 1.10. The van der Waals surface area contributed by atoms with Crippen LogP contribution in [0.3, 0.4) is 0 Å². The van der Waals surface area contributed by atoms with Crippen LogP contribution in [0.15, 0.2) is 12.5 Å². The fourth-order valence-electron chi connectivity index (χ4n) is 1.45. The van der Waals surface area contributed by atoms with Gasteiger partial charge in [0.25, 0.3) is 0 Å². The van der Waals surface area contributed by atoms with Crippen molar-refractivity contribution in [3.8, 4) is 0 Å². The van der Waals surface area contributed by atoms with Crippen molar-refractivity contribution in [2.45, 2.75) is 19.5 Å². The van der Waals surface area contributed by atoms with E-state index < -0.39 is 0 Å².